The average Bonchev–Trinajstić information content (AvgIpc) is 3.25. The molecule has 1 aromatic heterocycles. The van der Waals surface area contributed by atoms with Crippen molar-refractivity contribution in [2.24, 2.45) is 0 Å². The molecule has 0 atom stereocenters. The molecule has 4 nitrogen and oxygen atoms in total. The second-order valence-corrected chi connectivity index (χ2v) is 8.55. The van der Waals surface area contributed by atoms with Crippen molar-refractivity contribution in [2.45, 2.75) is 51.2 Å². The van der Waals surface area contributed by atoms with Crippen LogP contribution in [-0.2, 0) is 13.1 Å². The molecule has 2 aromatic carbocycles. The number of para-hydroxylation sites is 1. The fourth-order valence-corrected chi connectivity index (χ4v) is 4.66. The number of benzene rings is 2. The third-order valence-electron chi connectivity index (χ3n) is 6.17. The summed E-state index contributed by atoms with van der Waals surface area (Å²) >= 11 is 6.39. The Morgan fingerprint density at radius 1 is 1.03 bits per heavy atom. The predicted octanol–water partition coefficient (Wildman–Crippen LogP) is 6.17. The highest BCUT2D eigenvalue weighted by molar-refractivity contribution is 6.31. The zero-order valence-corrected chi connectivity index (χ0v) is 18.7. The lowest BCUT2D eigenvalue weighted by molar-refractivity contribution is 0.0605. The van der Waals surface area contributed by atoms with Crippen LogP contribution in [0.1, 0.15) is 53.7 Å². The molecule has 0 bridgehead atoms. The largest absolute Gasteiger partial charge is 0.496 e. The Morgan fingerprint density at radius 2 is 1.77 bits per heavy atom. The minimum atomic E-state index is 0.0369. The highest BCUT2D eigenvalue weighted by Crippen LogP contribution is 2.28. The molecule has 0 saturated heterocycles. The van der Waals surface area contributed by atoms with Crippen LogP contribution in [-0.4, -0.2) is 28.5 Å². The number of rotatable bonds is 7. The number of aromatic nitrogens is 1. The van der Waals surface area contributed by atoms with Crippen LogP contribution in [0.5, 0.6) is 5.75 Å². The van der Waals surface area contributed by atoms with Gasteiger partial charge < -0.3 is 14.2 Å². The summed E-state index contributed by atoms with van der Waals surface area (Å²) < 4.78 is 7.67. The van der Waals surface area contributed by atoms with E-state index in [0.717, 1.165) is 29.1 Å². The van der Waals surface area contributed by atoms with Crippen molar-refractivity contribution in [3.63, 3.8) is 0 Å². The van der Waals surface area contributed by atoms with Gasteiger partial charge in [0.25, 0.3) is 5.91 Å². The van der Waals surface area contributed by atoms with Crippen molar-refractivity contribution < 1.29 is 9.53 Å². The first-order chi connectivity index (χ1) is 15.2. The zero-order valence-electron chi connectivity index (χ0n) is 18.0. The van der Waals surface area contributed by atoms with Crippen molar-refractivity contribution >= 4 is 17.5 Å². The van der Waals surface area contributed by atoms with Crippen LogP contribution in [0.4, 0.5) is 0 Å². The lowest BCUT2D eigenvalue weighted by atomic mass is 9.93. The van der Waals surface area contributed by atoms with Gasteiger partial charge in [-0.25, -0.2) is 0 Å². The van der Waals surface area contributed by atoms with Gasteiger partial charge in [-0.15, -0.1) is 0 Å². The Hall–Kier alpha value is -2.72. The van der Waals surface area contributed by atoms with Gasteiger partial charge in [0.15, 0.2) is 0 Å². The summed E-state index contributed by atoms with van der Waals surface area (Å²) in [6, 6.07) is 19.8. The minimum Gasteiger partial charge on any atom is -0.496 e. The van der Waals surface area contributed by atoms with Crippen LogP contribution in [0, 0.1) is 0 Å². The molecular formula is C26H29ClN2O2. The van der Waals surface area contributed by atoms with Gasteiger partial charge in [-0.2, -0.15) is 0 Å². The zero-order chi connectivity index (χ0) is 21.6. The van der Waals surface area contributed by atoms with Gasteiger partial charge in [0.1, 0.15) is 5.75 Å². The molecule has 1 aliphatic carbocycles. The number of nitrogens with zero attached hydrogens (tertiary/aromatic N) is 2. The number of halogens is 1. The molecule has 0 spiro atoms. The van der Waals surface area contributed by atoms with Crippen molar-refractivity contribution in [2.75, 3.05) is 7.11 Å². The lowest BCUT2D eigenvalue weighted by Crippen LogP contribution is -2.41. The molecule has 0 aliphatic heterocycles. The van der Waals surface area contributed by atoms with Gasteiger partial charge in [-0.1, -0.05) is 61.2 Å². The Bertz CT molecular complexity index is 1020. The van der Waals surface area contributed by atoms with Crippen molar-refractivity contribution in [3.05, 3.63) is 88.7 Å². The van der Waals surface area contributed by atoms with Gasteiger partial charge in [0.2, 0.25) is 0 Å². The first-order valence-corrected chi connectivity index (χ1v) is 11.4. The predicted molar refractivity (Wildman–Crippen MR) is 125 cm³/mol. The molecule has 1 heterocycles. The van der Waals surface area contributed by atoms with Crippen LogP contribution in [0.2, 0.25) is 5.02 Å². The van der Waals surface area contributed by atoms with Crippen LogP contribution >= 0.6 is 11.6 Å². The molecule has 3 aromatic rings. The first-order valence-electron chi connectivity index (χ1n) is 11.0. The first kappa shape index (κ1) is 21.5. The van der Waals surface area contributed by atoms with Crippen LogP contribution < -0.4 is 4.74 Å². The van der Waals surface area contributed by atoms with Crippen LogP contribution in [0.25, 0.3) is 0 Å². The topological polar surface area (TPSA) is 34.5 Å². The average molecular weight is 437 g/mol. The van der Waals surface area contributed by atoms with E-state index in [2.05, 4.69) is 21.7 Å². The molecule has 162 valence electrons. The maximum Gasteiger partial charge on any atom is 0.258 e. The molecule has 1 amide bonds. The van der Waals surface area contributed by atoms with Crippen molar-refractivity contribution in [1.82, 2.24) is 9.47 Å². The Morgan fingerprint density at radius 3 is 2.55 bits per heavy atom. The Labute approximate surface area is 189 Å². The summed E-state index contributed by atoms with van der Waals surface area (Å²) in [5.41, 5.74) is 2.80. The quantitative estimate of drug-likeness (QED) is 0.443. The van der Waals surface area contributed by atoms with Crippen LogP contribution in [0.3, 0.4) is 0 Å². The molecule has 1 fully saturated rings. The van der Waals surface area contributed by atoms with Gasteiger partial charge in [0, 0.05) is 29.5 Å². The molecule has 4 rings (SSSR count). The summed E-state index contributed by atoms with van der Waals surface area (Å²) in [4.78, 5) is 15.7. The van der Waals surface area contributed by atoms with Crippen molar-refractivity contribution in [1.29, 1.82) is 0 Å². The number of ether oxygens (including phenoxy) is 1. The van der Waals surface area contributed by atoms with E-state index < -0.39 is 0 Å². The normalized spacial score (nSPS) is 14.4. The molecule has 0 radical (unpaired) electrons. The van der Waals surface area contributed by atoms with Gasteiger partial charge >= 0.3 is 0 Å². The van der Waals surface area contributed by atoms with Gasteiger partial charge in [0.05, 0.1) is 19.2 Å². The minimum absolute atomic E-state index is 0.0369. The summed E-state index contributed by atoms with van der Waals surface area (Å²) in [5.74, 6) is 0.662. The van der Waals surface area contributed by atoms with E-state index in [9.17, 15) is 4.79 Å². The summed E-state index contributed by atoms with van der Waals surface area (Å²) in [6.07, 6.45) is 7.74. The van der Waals surface area contributed by atoms with E-state index >= 15 is 0 Å². The van der Waals surface area contributed by atoms with E-state index in [1.807, 2.05) is 54.6 Å². The lowest BCUT2D eigenvalue weighted by Gasteiger charge is -2.35. The Kier molecular flexibility index (Phi) is 6.98. The van der Waals surface area contributed by atoms with E-state index in [4.69, 9.17) is 16.3 Å². The molecule has 0 unspecified atom stereocenters. The second kappa shape index (κ2) is 10.1. The number of hydrogen-bond donors (Lipinski definition) is 0. The smallest absolute Gasteiger partial charge is 0.258 e. The van der Waals surface area contributed by atoms with E-state index in [1.165, 1.54) is 19.3 Å². The number of carbonyl (C=O) groups is 1. The van der Waals surface area contributed by atoms with Gasteiger partial charge in [-0.05, 0) is 48.7 Å². The second-order valence-electron chi connectivity index (χ2n) is 8.14. The number of methoxy groups -OCH3 is 1. The molecule has 0 N–H and O–H groups in total. The monoisotopic (exact) mass is 436 g/mol. The molecular weight excluding hydrogens is 408 g/mol. The molecule has 1 saturated carbocycles. The fourth-order valence-electron chi connectivity index (χ4n) is 4.47. The van der Waals surface area contributed by atoms with E-state index in [1.54, 1.807) is 7.11 Å². The highest BCUT2D eigenvalue weighted by Gasteiger charge is 2.28. The SMILES string of the molecule is COc1ccccc1C(=O)N(Cc1cccn1Cc1ccccc1Cl)C1CCCCC1. The number of hydrogen-bond acceptors (Lipinski definition) is 2. The molecule has 31 heavy (non-hydrogen) atoms. The fraction of sp³-hybridized carbons (Fsp3) is 0.346. The summed E-state index contributed by atoms with van der Waals surface area (Å²) in [6.45, 7) is 1.25. The third kappa shape index (κ3) is 4.96. The standard InChI is InChI=1S/C26H29ClN2O2/c1-31-25-16-8-6-14-23(25)26(30)29(21-11-3-2-4-12-21)19-22-13-9-17-28(22)18-20-10-5-7-15-24(20)27/h5-10,13-17,21H,2-4,11-12,18-19H2,1H3. The van der Waals surface area contributed by atoms with Crippen molar-refractivity contribution in [3.8, 4) is 5.75 Å². The molecule has 5 heteroatoms. The van der Waals surface area contributed by atoms with E-state index in [0.29, 0.717) is 24.4 Å². The highest BCUT2D eigenvalue weighted by atomic mass is 35.5. The van der Waals surface area contributed by atoms with Gasteiger partial charge in [-0.3, -0.25) is 4.79 Å². The maximum atomic E-state index is 13.7. The van der Waals surface area contributed by atoms with E-state index in [-0.39, 0.29) is 11.9 Å². The number of amides is 1. The Balaban J connectivity index is 1.62. The summed E-state index contributed by atoms with van der Waals surface area (Å²) in [5, 5.41) is 0.761. The molecule has 1 aliphatic rings. The summed E-state index contributed by atoms with van der Waals surface area (Å²) in [7, 11) is 1.62. The maximum absolute atomic E-state index is 13.7. The van der Waals surface area contributed by atoms with Crippen LogP contribution in [0.15, 0.2) is 66.9 Å². The third-order valence-corrected chi connectivity index (χ3v) is 6.54. The number of carbonyl (C=O) groups excluding carboxylic acids is 1.